The van der Waals surface area contributed by atoms with E-state index in [1.807, 2.05) is 36.4 Å². The summed E-state index contributed by atoms with van der Waals surface area (Å²) in [5.41, 5.74) is -0.111. The lowest BCUT2D eigenvalue weighted by molar-refractivity contribution is 0.0954. The van der Waals surface area contributed by atoms with Crippen LogP contribution in [0.2, 0.25) is 0 Å². The van der Waals surface area contributed by atoms with Gasteiger partial charge in [-0.25, -0.2) is 0 Å². The molecule has 0 aliphatic heterocycles. The van der Waals surface area contributed by atoms with Crippen LogP contribution in [0.15, 0.2) is 42.5 Å². The van der Waals surface area contributed by atoms with Crippen LogP contribution in [0.3, 0.4) is 0 Å². The van der Waals surface area contributed by atoms with Gasteiger partial charge in [0.1, 0.15) is 0 Å². The fraction of sp³-hybridized carbons (Fsp3) is 0.593. The molecule has 0 spiro atoms. The van der Waals surface area contributed by atoms with Crippen molar-refractivity contribution in [1.82, 2.24) is 0 Å². The Labute approximate surface area is 194 Å². The molecule has 0 amide bonds. The van der Waals surface area contributed by atoms with E-state index in [0.29, 0.717) is 5.56 Å². The number of rotatable bonds is 16. The zero-order valence-corrected chi connectivity index (χ0v) is 21.2. The van der Waals surface area contributed by atoms with Crippen LogP contribution >= 0.6 is 7.60 Å². The molecule has 32 heavy (non-hydrogen) atoms. The van der Waals surface area contributed by atoms with Crippen molar-refractivity contribution in [2.45, 2.75) is 79.1 Å². The van der Waals surface area contributed by atoms with E-state index in [2.05, 4.69) is 27.7 Å². The first-order chi connectivity index (χ1) is 15.5. The van der Waals surface area contributed by atoms with E-state index in [4.69, 9.17) is 9.05 Å². The molecular formula is C27H41O4P. The lowest BCUT2D eigenvalue weighted by Gasteiger charge is -2.23. The smallest absolute Gasteiger partial charge is 0.303 e. The van der Waals surface area contributed by atoms with Gasteiger partial charge in [0.15, 0.2) is 0 Å². The molecule has 0 saturated carbocycles. The predicted molar refractivity (Wildman–Crippen MR) is 134 cm³/mol. The summed E-state index contributed by atoms with van der Waals surface area (Å²) in [6.07, 6.45) is 8.27. The lowest BCUT2D eigenvalue weighted by atomic mass is 10.0. The molecule has 5 heteroatoms. The quantitative estimate of drug-likeness (QED) is 0.235. The summed E-state index contributed by atoms with van der Waals surface area (Å²) in [5, 5.41) is 1.72. The van der Waals surface area contributed by atoms with Gasteiger partial charge in [0.2, 0.25) is 0 Å². The summed E-state index contributed by atoms with van der Waals surface area (Å²) in [7, 11) is -3.97. The van der Waals surface area contributed by atoms with Crippen molar-refractivity contribution in [2.24, 2.45) is 11.8 Å². The maximum Gasteiger partial charge on any atom is 0.401 e. The molecule has 0 fully saturated rings. The highest BCUT2D eigenvalue weighted by molar-refractivity contribution is 7.72. The Morgan fingerprint density at radius 2 is 1.34 bits per heavy atom. The largest absolute Gasteiger partial charge is 0.401 e. The number of unbranched alkanes of at least 4 members (excludes halogenated alkanes) is 2. The zero-order valence-electron chi connectivity index (χ0n) is 20.3. The van der Waals surface area contributed by atoms with Gasteiger partial charge in [-0.2, -0.15) is 0 Å². The van der Waals surface area contributed by atoms with E-state index in [0.717, 1.165) is 62.1 Å². The second-order valence-corrected chi connectivity index (χ2v) is 10.7. The minimum absolute atomic E-state index is 0.272. The monoisotopic (exact) mass is 460 g/mol. The Bertz CT molecular complexity index is 850. The highest BCUT2D eigenvalue weighted by atomic mass is 31.2. The van der Waals surface area contributed by atoms with E-state index in [9.17, 15) is 9.36 Å². The molecular weight excluding hydrogens is 419 g/mol. The average molecular weight is 461 g/mol. The third-order valence-electron chi connectivity index (χ3n) is 6.32. The second kappa shape index (κ2) is 13.9. The Morgan fingerprint density at radius 1 is 0.812 bits per heavy atom. The summed E-state index contributed by atoms with van der Waals surface area (Å²) in [6, 6.07) is 13.2. The predicted octanol–water partition coefficient (Wildman–Crippen LogP) is 8.64. The topological polar surface area (TPSA) is 52.6 Å². The molecule has 0 saturated heterocycles. The first-order valence-corrected chi connectivity index (χ1v) is 13.9. The van der Waals surface area contributed by atoms with E-state index >= 15 is 0 Å². The van der Waals surface area contributed by atoms with Gasteiger partial charge in [0.25, 0.3) is 5.52 Å². The molecule has 2 aromatic carbocycles. The van der Waals surface area contributed by atoms with Gasteiger partial charge in [-0.1, -0.05) is 109 Å². The third-order valence-corrected chi connectivity index (χ3v) is 8.03. The highest BCUT2D eigenvalue weighted by Gasteiger charge is 2.38. The van der Waals surface area contributed by atoms with Crippen LogP contribution in [0, 0.1) is 11.8 Å². The maximum atomic E-state index is 14.0. The third kappa shape index (κ3) is 7.54. The van der Waals surface area contributed by atoms with E-state index in [1.54, 1.807) is 6.07 Å². The second-order valence-electron chi connectivity index (χ2n) is 8.75. The van der Waals surface area contributed by atoms with Crippen molar-refractivity contribution in [1.29, 1.82) is 0 Å². The Balaban J connectivity index is 2.29. The van der Waals surface area contributed by atoms with Gasteiger partial charge >= 0.3 is 7.60 Å². The SMILES string of the molecule is CCCCC(CC)COP(=O)(OCC(CC)CCCC)C(=O)c1cccc2ccccc12. The van der Waals surface area contributed by atoms with Crippen LogP contribution in [0.25, 0.3) is 10.8 Å². The molecule has 0 N–H and O–H groups in total. The summed E-state index contributed by atoms with van der Waals surface area (Å²) in [5.74, 6) is 0.545. The van der Waals surface area contributed by atoms with Crippen LogP contribution < -0.4 is 0 Å². The van der Waals surface area contributed by atoms with Crippen molar-refractivity contribution >= 4 is 23.9 Å². The van der Waals surface area contributed by atoms with Crippen molar-refractivity contribution < 1.29 is 18.4 Å². The van der Waals surface area contributed by atoms with E-state index in [-0.39, 0.29) is 25.0 Å². The molecule has 0 bridgehead atoms. The van der Waals surface area contributed by atoms with Gasteiger partial charge in [0, 0.05) is 5.56 Å². The molecule has 0 aliphatic carbocycles. The molecule has 0 aromatic heterocycles. The normalized spacial score (nSPS) is 15.4. The molecule has 0 heterocycles. The molecule has 178 valence electrons. The number of carbonyl (C=O) groups is 1. The minimum atomic E-state index is -3.97. The minimum Gasteiger partial charge on any atom is -0.303 e. The average Bonchev–Trinajstić information content (AvgIpc) is 2.83. The van der Waals surface area contributed by atoms with Gasteiger partial charge in [-0.3, -0.25) is 9.36 Å². The molecule has 0 aliphatic rings. The molecule has 2 atom stereocenters. The van der Waals surface area contributed by atoms with E-state index in [1.165, 1.54) is 0 Å². The number of carbonyl (C=O) groups excluding carboxylic acids is 1. The summed E-state index contributed by atoms with van der Waals surface area (Å²) in [6.45, 7) is 9.12. The molecule has 2 unspecified atom stereocenters. The first-order valence-electron chi connectivity index (χ1n) is 12.4. The standard InChI is InChI=1S/C27H41O4P/c1-5-9-14-22(7-3)20-30-32(29,31-21-23(8-4)15-10-6-2)27(28)26-19-13-17-24-16-11-12-18-25(24)26/h11-13,16-19,22-23H,5-10,14-15,20-21H2,1-4H3. The van der Waals surface area contributed by atoms with Crippen molar-refractivity contribution in [3.8, 4) is 0 Å². The van der Waals surface area contributed by atoms with Gasteiger partial charge in [-0.05, 0) is 35.4 Å². The van der Waals surface area contributed by atoms with Crippen LogP contribution in [-0.2, 0) is 13.6 Å². The zero-order chi connectivity index (χ0) is 23.4. The first kappa shape index (κ1) is 26.8. The van der Waals surface area contributed by atoms with Crippen LogP contribution in [0.5, 0.6) is 0 Å². The molecule has 0 radical (unpaired) electrons. The molecule has 2 aromatic rings. The van der Waals surface area contributed by atoms with E-state index < -0.39 is 13.1 Å². The van der Waals surface area contributed by atoms with Gasteiger partial charge in [0.05, 0.1) is 13.2 Å². The summed E-state index contributed by atoms with van der Waals surface area (Å²) in [4.78, 5) is 13.6. The highest BCUT2D eigenvalue weighted by Crippen LogP contribution is 2.53. The molecule has 2 rings (SSSR count). The Morgan fingerprint density at radius 3 is 1.88 bits per heavy atom. The van der Waals surface area contributed by atoms with Crippen LogP contribution in [-0.4, -0.2) is 18.7 Å². The Hall–Kier alpha value is -1.48. The number of hydrogen-bond acceptors (Lipinski definition) is 4. The van der Waals surface area contributed by atoms with Crippen molar-refractivity contribution in [3.05, 3.63) is 48.0 Å². The van der Waals surface area contributed by atoms with Crippen molar-refractivity contribution in [2.75, 3.05) is 13.2 Å². The maximum absolute atomic E-state index is 14.0. The Kier molecular flexibility index (Phi) is 11.7. The van der Waals surface area contributed by atoms with Crippen LogP contribution in [0.4, 0.5) is 0 Å². The van der Waals surface area contributed by atoms with Crippen molar-refractivity contribution in [3.63, 3.8) is 0 Å². The molecule has 4 nitrogen and oxygen atoms in total. The van der Waals surface area contributed by atoms with Gasteiger partial charge in [-0.15, -0.1) is 0 Å². The number of hydrogen-bond donors (Lipinski definition) is 0. The summed E-state index contributed by atoms with van der Waals surface area (Å²) >= 11 is 0. The van der Waals surface area contributed by atoms with Gasteiger partial charge < -0.3 is 9.05 Å². The summed E-state index contributed by atoms with van der Waals surface area (Å²) < 4.78 is 25.8. The number of benzene rings is 2. The number of fused-ring (bicyclic) bond motifs is 1. The lowest BCUT2D eigenvalue weighted by Crippen LogP contribution is -2.16. The fourth-order valence-corrected chi connectivity index (χ4v) is 5.53. The van der Waals surface area contributed by atoms with Crippen LogP contribution in [0.1, 0.15) is 89.4 Å². The fourth-order valence-electron chi connectivity index (χ4n) is 3.92.